The van der Waals surface area contributed by atoms with Crippen LogP contribution in [0.4, 0.5) is 0 Å². The first-order valence-electron chi connectivity index (χ1n) is 4.14. The molecule has 0 saturated heterocycles. The van der Waals surface area contributed by atoms with E-state index >= 15 is 0 Å². The van der Waals surface area contributed by atoms with Crippen LogP contribution in [0.1, 0.15) is 40.5 Å². The number of aliphatic hydroxyl groups is 1. The van der Waals surface area contributed by atoms with Crippen molar-refractivity contribution in [2.75, 3.05) is 6.61 Å². The van der Waals surface area contributed by atoms with Crippen LogP contribution in [0.25, 0.3) is 0 Å². The highest BCUT2D eigenvalue weighted by molar-refractivity contribution is 4.91. The van der Waals surface area contributed by atoms with Crippen LogP contribution in [0.5, 0.6) is 0 Å². The van der Waals surface area contributed by atoms with Gasteiger partial charge in [-0.2, -0.15) is 5.26 Å². The Hall–Kier alpha value is -0.550. The molecule has 0 spiro atoms. The molecule has 1 N–H and O–H groups in total. The minimum absolute atomic E-state index is 0.186. The highest BCUT2D eigenvalue weighted by Gasteiger charge is 2.14. The monoisotopic (exact) mass is 157 g/mol. The standard InChI is InChI=1S/C7H13NO.C2H6/c1-7(2,6-8)4-3-5-9;1-2/h9H,3-5H2,1-2H3;1-2H3. The third-order valence-corrected chi connectivity index (χ3v) is 1.26. The third-order valence-electron chi connectivity index (χ3n) is 1.26. The Labute approximate surface area is 69.9 Å². The number of aliphatic hydroxyl groups excluding tert-OH is 1. The zero-order valence-electron chi connectivity index (χ0n) is 8.02. The predicted molar refractivity (Wildman–Crippen MR) is 47.1 cm³/mol. The van der Waals surface area contributed by atoms with Gasteiger partial charge in [0.25, 0.3) is 0 Å². The molecule has 0 heterocycles. The maximum Gasteiger partial charge on any atom is 0.0683 e. The number of rotatable bonds is 3. The SMILES string of the molecule is CC.CC(C)(C#N)CCCO. The molecule has 11 heavy (non-hydrogen) atoms. The van der Waals surface area contributed by atoms with E-state index in [1.807, 2.05) is 27.7 Å². The fourth-order valence-electron chi connectivity index (χ4n) is 0.577. The molecular weight excluding hydrogens is 138 g/mol. The van der Waals surface area contributed by atoms with Crippen molar-refractivity contribution in [3.05, 3.63) is 0 Å². The van der Waals surface area contributed by atoms with E-state index in [4.69, 9.17) is 10.4 Å². The van der Waals surface area contributed by atoms with Gasteiger partial charge in [0.05, 0.1) is 11.5 Å². The van der Waals surface area contributed by atoms with E-state index in [1.54, 1.807) is 0 Å². The summed E-state index contributed by atoms with van der Waals surface area (Å²) in [5.74, 6) is 0. The van der Waals surface area contributed by atoms with E-state index in [-0.39, 0.29) is 12.0 Å². The fraction of sp³-hybridized carbons (Fsp3) is 0.889. The Balaban J connectivity index is 0. The minimum atomic E-state index is -0.261. The van der Waals surface area contributed by atoms with E-state index in [9.17, 15) is 0 Å². The summed E-state index contributed by atoms with van der Waals surface area (Å²) >= 11 is 0. The Kier molecular flexibility index (Phi) is 8.98. The Morgan fingerprint density at radius 1 is 1.36 bits per heavy atom. The molecule has 0 rings (SSSR count). The normalized spacial score (nSPS) is 9.45. The van der Waals surface area contributed by atoms with Gasteiger partial charge in [-0.15, -0.1) is 0 Å². The van der Waals surface area contributed by atoms with E-state index in [0.717, 1.165) is 12.8 Å². The summed E-state index contributed by atoms with van der Waals surface area (Å²) in [6.45, 7) is 7.94. The first-order valence-corrected chi connectivity index (χ1v) is 4.14. The first kappa shape index (κ1) is 13.1. The quantitative estimate of drug-likeness (QED) is 0.683. The van der Waals surface area contributed by atoms with Gasteiger partial charge >= 0.3 is 0 Å². The second-order valence-electron chi connectivity index (χ2n) is 2.82. The molecule has 0 aromatic heterocycles. The zero-order chi connectivity index (χ0) is 9.33. The van der Waals surface area contributed by atoms with Gasteiger partial charge in [0.1, 0.15) is 0 Å². The average Bonchev–Trinajstić information content (AvgIpc) is 2.05. The van der Waals surface area contributed by atoms with Gasteiger partial charge in [0.15, 0.2) is 0 Å². The van der Waals surface area contributed by atoms with Crippen LogP contribution < -0.4 is 0 Å². The van der Waals surface area contributed by atoms with E-state index in [2.05, 4.69) is 6.07 Å². The minimum Gasteiger partial charge on any atom is -0.396 e. The second-order valence-corrected chi connectivity index (χ2v) is 2.82. The van der Waals surface area contributed by atoms with Crippen LogP contribution >= 0.6 is 0 Å². The molecule has 0 aromatic carbocycles. The number of nitrogens with zero attached hydrogens (tertiary/aromatic N) is 1. The van der Waals surface area contributed by atoms with Crippen molar-refractivity contribution in [3.63, 3.8) is 0 Å². The molecule has 2 nitrogen and oxygen atoms in total. The molecule has 0 bridgehead atoms. The number of hydrogen-bond acceptors (Lipinski definition) is 2. The van der Waals surface area contributed by atoms with Crippen molar-refractivity contribution >= 4 is 0 Å². The van der Waals surface area contributed by atoms with Gasteiger partial charge in [0.2, 0.25) is 0 Å². The lowest BCUT2D eigenvalue weighted by Gasteiger charge is -2.12. The fourth-order valence-corrected chi connectivity index (χ4v) is 0.577. The lowest BCUT2D eigenvalue weighted by molar-refractivity contribution is 0.264. The molecule has 0 radical (unpaired) electrons. The molecule has 0 saturated carbocycles. The van der Waals surface area contributed by atoms with Gasteiger partial charge < -0.3 is 5.11 Å². The van der Waals surface area contributed by atoms with Crippen molar-refractivity contribution in [3.8, 4) is 6.07 Å². The molecule has 0 aliphatic heterocycles. The van der Waals surface area contributed by atoms with Gasteiger partial charge in [-0.05, 0) is 26.7 Å². The molecule has 0 fully saturated rings. The maximum absolute atomic E-state index is 8.49. The molecule has 0 aromatic rings. The highest BCUT2D eigenvalue weighted by Crippen LogP contribution is 2.19. The Bertz CT molecular complexity index is 113. The summed E-state index contributed by atoms with van der Waals surface area (Å²) in [6, 6.07) is 2.16. The van der Waals surface area contributed by atoms with Crippen molar-refractivity contribution < 1.29 is 5.11 Å². The lowest BCUT2D eigenvalue weighted by atomic mass is 9.90. The number of hydrogen-bond donors (Lipinski definition) is 1. The molecule has 0 unspecified atom stereocenters. The molecular formula is C9H19NO. The molecule has 0 aliphatic carbocycles. The second kappa shape index (κ2) is 7.56. The van der Waals surface area contributed by atoms with E-state index < -0.39 is 0 Å². The Morgan fingerprint density at radius 3 is 2.09 bits per heavy atom. The van der Waals surface area contributed by atoms with Crippen LogP contribution in [0, 0.1) is 16.7 Å². The average molecular weight is 157 g/mol. The van der Waals surface area contributed by atoms with Crippen LogP contribution in [-0.4, -0.2) is 11.7 Å². The largest absolute Gasteiger partial charge is 0.396 e. The lowest BCUT2D eigenvalue weighted by Crippen LogP contribution is -2.07. The predicted octanol–water partition coefficient (Wildman–Crippen LogP) is 2.33. The molecule has 0 aliphatic rings. The topological polar surface area (TPSA) is 44.0 Å². The van der Waals surface area contributed by atoms with Crippen molar-refractivity contribution in [1.82, 2.24) is 0 Å². The molecule has 0 atom stereocenters. The summed E-state index contributed by atoms with van der Waals surface area (Å²) < 4.78 is 0. The molecule has 66 valence electrons. The zero-order valence-corrected chi connectivity index (χ0v) is 8.02. The van der Waals surface area contributed by atoms with Gasteiger partial charge in [-0.3, -0.25) is 0 Å². The van der Waals surface area contributed by atoms with Crippen LogP contribution in [-0.2, 0) is 0 Å². The smallest absolute Gasteiger partial charge is 0.0683 e. The Morgan fingerprint density at radius 2 is 1.82 bits per heavy atom. The van der Waals surface area contributed by atoms with Crippen molar-refractivity contribution in [2.24, 2.45) is 5.41 Å². The third kappa shape index (κ3) is 9.45. The van der Waals surface area contributed by atoms with E-state index in [1.165, 1.54) is 0 Å². The van der Waals surface area contributed by atoms with Crippen molar-refractivity contribution in [2.45, 2.75) is 40.5 Å². The van der Waals surface area contributed by atoms with Gasteiger partial charge in [-0.1, -0.05) is 13.8 Å². The van der Waals surface area contributed by atoms with Crippen LogP contribution in [0.2, 0.25) is 0 Å². The van der Waals surface area contributed by atoms with Gasteiger partial charge in [0, 0.05) is 6.61 Å². The summed E-state index contributed by atoms with van der Waals surface area (Å²) in [5.41, 5.74) is -0.261. The molecule has 2 heteroatoms. The van der Waals surface area contributed by atoms with Crippen molar-refractivity contribution in [1.29, 1.82) is 5.26 Å². The summed E-state index contributed by atoms with van der Waals surface area (Å²) in [4.78, 5) is 0. The van der Waals surface area contributed by atoms with Gasteiger partial charge in [-0.25, -0.2) is 0 Å². The highest BCUT2D eigenvalue weighted by atomic mass is 16.2. The summed E-state index contributed by atoms with van der Waals surface area (Å²) in [6.07, 6.45) is 1.50. The van der Waals surface area contributed by atoms with E-state index in [0.29, 0.717) is 0 Å². The molecule has 0 amide bonds. The summed E-state index contributed by atoms with van der Waals surface area (Å²) in [7, 11) is 0. The maximum atomic E-state index is 8.49. The van der Waals surface area contributed by atoms with Crippen LogP contribution in [0.15, 0.2) is 0 Å². The van der Waals surface area contributed by atoms with Crippen LogP contribution in [0.3, 0.4) is 0 Å². The number of nitriles is 1. The first-order chi connectivity index (χ1) is 5.12. The summed E-state index contributed by atoms with van der Waals surface area (Å²) in [5, 5.41) is 16.9.